The van der Waals surface area contributed by atoms with Crippen LogP contribution in [0.5, 0.6) is 0 Å². The van der Waals surface area contributed by atoms with Gasteiger partial charge in [-0.05, 0) is 0 Å². The molecule has 264 valence electrons. The number of hydrogen-bond acceptors (Lipinski definition) is 23. The second kappa shape index (κ2) is 41.3. The van der Waals surface area contributed by atoms with Gasteiger partial charge in [0, 0.05) is 30.5 Å². The van der Waals surface area contributed by atoms with Crippen molar-refractivity contribution in [3.63, 3.8) is 0 Å². The molecule has 0 bridgehead atoms. The maximum absolute atomic E-state index is 11.7. The van der Waals surface area contributed by atoms with Crippen LogP contribution in [-0.2, 0) is 29.0 Å². The van der Waals surface area contributed by atoms with Crippen LogP contribution in [0.15, 0.2) is 9.98 Å². The number of aliphatic hydroxyl groups is 2. The molecule has 0 heterocycles. The molecule has 0 saturated heterocycles. The van der Waals surface area contributed by atoms with Gasteiger partial charge in [0.1, 0.15) is 23.8 Å². The highest BCUT2D eigenvalue weighted by molar-refractivity contribution is 8.23. The van der Waals surface area contributed by atoms with Gasteiger partial charge in [-0.3, -0.25) is 0 Å². The van der Waals surface area contributed by atoms with Crippen molar-refractivity contribution in [1.29, 1.82) is 0 Å². The highest BCUT2D eigenvalue weighted by Gasteiger charge is 2.02. The molecule has 0 atom stereocenters. The summed E-state index contributed by atoms with van der Waals surface area (Å²) in [6, 6.07) is 0. The van der Waals surface area contributed by atoms with E-state index in [2.05, 4.69) is 20.6 Å². The monoisotopic (exact) mass is 846 g/mol. The zero-order chi connectivity index (χ0) is 32.7. The van der Waals surface area contributed by atoms with Crippen LogP contribution in [0.4, 0.5) is 9.59 Å². The maximum Gasteiger partial charge on any atom is 0.408 e. The van der Waals surface area contributed by atoms with Crippen molar-refractivity contribution in [2.45, 2.75) is 0 Å². The van der Waals surface area contributed by atoms with Crippen LogP contribution in [-0.4, -0.2) is 125 Å². The number of aliphatic imine (C=N–C) groups is 2. The van der Waals surface area contributed by atoms with Crippen LogP contribution in [0.2, 0.25) is 0 Å². The molecule has 0 unspecified atom stereocenters. The Hall–Kier alpha value is 1.17. The third-order valence-corrected chi connectivity index (χ3v) is 14.2. The lowest BCUT2D eigenvalue weighted by Gasteiger charge is -2.06. The van der Waals surface area contributed by atoms with Crippen molar-refractivity contribution < 1.29 is 48.8 Å². The lowest BCUT2D eigenvalue weighted by atomic mass is 11.1. The molecular weight excluding hydrogens is 809 g/mol. The minimum Gasteiger partial charge on any atom is -0.438 e. The third kappa shape index (κ3) is 41.3. The number of hydrogen-bond donors (Lipinski definition) is 4. The van der Waals surface area contributed by atoms with E-state index in [0.29, 0.717) is 35.4 Å². The molecule has 0 spiro atoms. The van der Waals surface area contributed by atoms with Crippen molar-refractivity contribution in [2.24, 2.45) is 9.98 Å². The van der Waals surface area contributed by atoms with E-state index < -0.39 is 12.2 Å². The van der Waals surface area contributed by atoms with Crippen LogP contribution in [0, 0.1) is 0 Å². The zero-order valence-electron chi connectivity index (χ0n) is 24.0. The lowest BCUT2D eigenvalue weighted by Crippen LogP contribution is -2.23. The van der Waals surface area contributed by atoms with Gasteiger partial charge in [-0.25, -0.2) is 19.6 Å². The Morgan fingerprint density at radius 2 is 0.933 bits per heavy atom. The molecular formula is C20H38N4O10S11. The molecule has 0 radical (unpaired) electrons. The first-order chi connectivity index (χ1) is 22.2. The molecule has 14 nitrogen and oxygen atoms in total. The van der Waals surface area contributed by atoms with Crippen molar-refractivity contribution in [2.75, 3.05) is 89.6 Å². The molecule has 45 heavy (non-hydrogen) atoms. The fourth-order valence-electron chi connectivity index (χ4n) is 1.68. The Bertz CT molecular complexity index is 730. The van der Waals surface area contributed by atoms with E-state index in [4.69, 9.17) is 39.2 Å². The third-order valence-electron chi connectivity index (χ3n) is 3.33. The number of nitrogens with one attached hydrogen (secondary N) is 2. The molecule has 0 aromatic carbocycles. The van der Waals surface area contributed by atoms with E-state index in [1.165, 1.54) is 36.3 Å². The molecule has 2 amide bonds. The number of aliphatic hydroxyl groups excluding tert-OH is 2. The number of nitrogens with zero attached hydrogens (tertiary/aromatic N) is 2. The summed E-state index contributed by atoms with van der Waals surface area (Å²) in [5, 5.41) is 27.5. The van der Waals surface area contributed by atoms with E-state index in [1.807, 2.05) is 0 Å². The second-order valence-corrected chi connectivity index (χ2v) is 19.2. The highest BCUT2D eigenvalue weighted by atomic mass is 32.2. The van der Waals surface area contributed by atoms with Gasteiger partial charge in [-0.2, -0.15) is 9.78 Å². The maximum atomic E-state index is 11.7. The Kier molecular flexibility index (Phi) is 42.4. The lowest BCUT2D eigenvalue weighted by molar-refractivity contribution is -0.196. The molecule has 0 rings (SSSR count). The molecule has 0 aromatic heterocycles. The zero-order valence-corrected chi connectivity index (χ0v) is 33.0. The van der Waals surface area contributed by atoms with Crippen molar-refractivity contribution in [3.8, 4) is 0 Å². The predicted molar refractivity (Wildman–Crippen MR) is 206 cm³/mol. The number of rotatable bonds is 34. The largest absolute Gasteiger partial charge is 0.438 e. The van der Waals surface area contributed by atoms with Crippen LogP contribution in [0.3, 0.4) is 0 Å². The van der Waals surface area contributed by atoms with E-state index in [9.17, 15) is 9.59 Å². The summed E-state index contributed by atoms with van der Waals surface area (Å²) in [6.45, 7) is 0. The summed E-state index contributed by atoms with van der Waals surface area (Å²) in [5.41, 5.74) is 0. The first kappa shape index (κ1) is 46.2. The molecule has 0 saturated carbocycles. The number of carbonyl (C=O) groups is 2. The highest BCUT2D eigenvalue weighted by Crippen LogP contribution is 2.19. The van der Waals surface area contributed by atoms with Gasteiger partial charge in [0.25, 0.3) is 0 Å². The Balaban J connectivity index is 3.25. The SMILES string of the molecule is O=C(NCSCSCSCN=COOCSCSCSCOC(=O)NCSCSCSCN=COOCSCO)OCSCO. The summed E-state index contributed by atoms with van der Waals surface area (Å²) in [5.74, 6) is 3.02. The molecule has 25 heteroatoms. The molecule has 0 aliphatic heterocycles. The normalized spacial score (nSPS) is 11.2. The van der Waals surface area contributed by atoms with E-state index >= 15 is 0 Å². The van der Waals surface area contributed by atoms with Gasteiger partial charge in [-0.1, -0.05) is 11.8 Å². The van der Waals surface area contributed by atoms with Gasteiger partial charge in [0.15, 0.2) is 0 Å². The first-order valence-corrected chi connectivity index (χ1v) is 24.8. The van der Waals surface area contributed by atoms with Gasteiger partial charge in [0.2, 0.25) is 12.8 Å². The minimum atomic E-state index is -0.488. The summed E-state index contributed by atoms with van der Waals surface area (Å²) in [6.07, 6.45) is 1.61. The fraction of sp³-hybridized carbons (Fsp3) is 0.800. The molecule has 0 fully saturated rings. The number of alkyl carbamates (subject to hydrolysis) is 2. The summed E-state index contributed by atoms with van der Waals surface area (Å²) >= 11 is 17.0. The Morgan fingerprint density at radius 3 is 1.44 bits per heavy atom. The predicted octanol–water partition coefficient (Wildman–Crippen LogP) is 5.76. The quantitative estimate of drug-likeness (QED) is 0.0153. The number of amides is 2. The number of thioether (sulfide) groups is 11. The standard InChI is InChI=1S/C20H38N4O10S11/c25-7-39-9-29-19(27)23-5-37-15-43-14-36-4-22-2-32-34-12-42-18-45-17-41-10-30-20(28)24-6-38-16-44-13-35-3-21-1-31-33-11-40-8-26/h1-2,25-26H,3-18H2,(H,23,27)(H,24,28). The van der Waals surface area contributed by atoms with E-state index in [-0.39, 0.29) is 23.8 Å². The second-order valence-electron chi connectivity index (χ2n) is 6.45. The van der Waals surface area contributed by atoms with Crippen LogP contribution >= 0.6 is 129 Å². The molecule has 0 aromatic rings. The van der Waals surface area contributed by atoms with Crippen LogP contribution in [0.1, 0.15) is 0 Å². The van der Waals surface area contributed by atoms with E-state index in [1.54, 1.807) is 94.1 Å². The van der Waals surface area contributed by atoms with Gasteiger partial charge < -0.3 is 40.1 Å². The smallest absolute Gasteiger partial charge is 0.408 e. The molecule has 4 N–H and O–H groups in total. The topological polar surface area (TPSA) is 179 Å². The van der Waals surface area contributed by atoms with Crippen molar-refractivity contribution in [1.82, 2.24) is 10.6 Å². The molecule has 0 aliphatic carbocycles. The van der Waals surface area contributed by atoms with Gasteiger partial charge in [0.05, 0.1) is 35.4 Å². The van der Waals surface area contributed by atoms with Gasteiger partial charge in [-0.15, -0.1) is 118 Å². The van der Waals surface area contributed by atoms with E-state index in [0.717, 1.165) is 42.3 Å². The summed E-state index contributed by atoms with van der Waals surface area (Å²) in [7, 11) is 0. The summed E-state index contributed by atoms with van der Waals surface area (Å²) < 4.78 is 9.96. The number of ether oxygens (including phenoxy) is 2. The average molecular weight is 847 g/mol. The van der Waals surface area contributed by atoms with Gasteiger partial charge >= 0.3 is 12.2 Å². The Morgan fingerprint density at radius 1 is 0.533 bits per heavy atom. The summed E-state index contributed by atoms with van der Waals surface area (Å²) in [4.78, 5) is 50.4. The van der Waals surface area contributed by atoms with Crippen molar-refractivity contribution in [3.05, 3.63) is 0 Å². The van der Waals surface area contributed by atoms with Crippen molar-refractivity contribution >= 4 is 154 Å². The van der Waals surface area contributed by atoms with Crippen LogP contribution in [0.25, 0.3) is 0 Å². The average Bonchev–Trinajstić information content (AvgIpc) is 3.04. The molecule has 0 aliphatic rings. The van der Waals surface area contributed by atoms with Crippen LogP contribution < -0.4 is 10.6 Å². The minimum absolute atomic E-state index is 0.0186. The number of carbonyl (C=O) groups excluding carboxylic acids is 2. The Labute approximate surface area is 310 Å². The fourth-order valence-corrected chi connectivity index (χ4v) is 10.5. The first-order valence-electron chi connectivity index (χ1n) is 12.1.